The number of benzene rings is 1. The summed E-state index contributed by atoms with van der Waals surface area (Å²) in [6.45, 7) is 0.618. The number of hydrogen-bond acceptors (Lipinski definition) is 1. The Kier molecular flexibility index (Phi) is 4.26. The SMILES string of the molecule is ClCCCOc1ccccc1Cl. The molecule has 12 heavy (non-hydrogen) atoms. The lowest BCUT2D eigenvalue weighted by Gasteiger charge is -2.05. The third-order valence-electron chi connectivity index (χ3n) is 1.37. The molecule has 0 bridgehead atoms. The van der Waals surface area contributed by atoms with E-state index in [1.54, 1.807) is 6.07 Å². The molecule has 0 atom stereocenters. The zero-order valence-electron chi connectivity index (χ0n) is 6.59. The maximum absolute atomic E-state index is 5.85. The average molecular weight is 205 g/mol. The average Bonchev–Trinajstić information content (AvgIpc) is 2.09. The summed E-state index contributed by atoms with van der Waals surface area (Å²) in [6, 6.07) is 7.41. The molecule has 1 rings (SSSR count). The number of hydrogen-bond donors (Lipinski definition) is 0. The van der Waals surface area contributed by atoms with E-state index in [0.29, 0.717) is 17.5 Å². The predicted octanol–water partition coefficient (Wildman–Crippen LogP) is 3.35. The summed E-state index contributed by atoms with van der Waals surface area (Å²) >= 11 is 11.3. The molecule has 0 aromatic heterocycles. The number of halogens is 2. The van der Waals surface area contributed by atoms with Crippen LogP contribution in [0, 0.1) is 0 Å². The Morgan fingerprint density at radius 2 is 2.00 bits per heavy atom. The van der Waals surface area contributed by atoms with Crippen molar-refractivity contribution in [3.8, 4) is 5.75 Å². The minimum atomic E-state index is 0.616. The van der Waals surface area contributed by atoms with Crippen LogP contribution < -0.4 is 4.74 Å². The second-order valence-electron chi connectivity index (χ2n) is 2.32. The molecule has 0 saturated carbocycles. The van der Waals surface area contributed by atoms with E-state index in [4.69, 9.17) is 27.9 Å². The molecule has 0 fully saturated rings. The number of ether oxygens (including phenoxy) is 1. The normalized spacial score (nSPS) is 9.83. The van der Waals surface area contributed by atoms with Gasteiger partial charge in [0.25, 0.3) is 0 Å². The van der Waals surface area contributed by atoms with Gasteiger partial charge in [-0.2, -0.15) is 0 Å². The van der Waals surface area contributed by atoms with E-state index in [-0.39, 0.29) is 0 Å². The molecule has 1 aromatic carbocycles. The summed E-state index contributed by atoms with van der Waals surface area (Å²) in [7, 11) is 0. The van der Waals surface area contributed by atoms with E-state index in [2.05, 4.69) is 0 Å². The lowest BCUT2D eigenvalue weighted by Crippen LogP contribution is -1.97. The number of rotatable bonds is 4. The first-order valence-electron chi connectivity index (χ1n) is 3.78. The van der Waals surface area contributed by atoms with Crippen molar-refractivity contribution in [3.63, 3.8) is 0 Å². The first-order valence-corrected chi connectivity index (χ1v) is 4.69. The summed E-state index contributed by atoms with van der Waals surface area (Å²) in [5, 5.41) is 0.645. The first-order chi connectivity index (χ1) is 5.84. The van der Waals surface area contributed by atoms with Gasteiger partial charge in [0, 0.05) is 5.88 Å². The van der Waals surface area contributed by atoms with E-state index in [1.807, 2.05) is 18.2 Å². The highest BCUT2D eigenvalue weighted by molar-refractivity contribution is 6.32. The largest absolute Gasteiger partial charge is 0.492 e. The molecule has 1 nitrogen and oxygen atoms in total. The van der Waals surface area contributed by atoms with Crippen LogP contribution in [0.1, 0.15) is 6.42 Å². The van der Waals surface area contributed by atoms with Gasteiger partial charge in [-0.3, -0.25) is 0 Å². The van der Waals surface area contributed by atoms with Gasteiger partial charge in [-0.05, 0) is 18.6 Å². The standard InChI is InChI=1S/C9H10Cl2O/c10-6-3-7-12-9-5-2-1-4-8(9)11/h1-2,4-5H,3,6-7H2. The molecule has 1 aromatic rings. The summed E-state index contributed by atoms with van der Waals surface area (Å²) in [5.74, 6) is 1.34. The van der Waals surface area contributed by atoms with Crippen LogP contribution in [-0.2, 0) is 0 Å². The van der Waals surface area contributed by atoms with Gasteiger partial charge in [-0.15, -0.1) is 11.6 Å². The highest BCUT2D eigenvalue weighted by atomic mass is 35.5. The quantitative estimate of drug-likeness (QED) is 0.541. The van der Waals surface area contributed by atoms with Gasteiger partial charge in [-0.1, -0.05) is 23.7 Å². The van der Waals surface area contributed by atoms with Crippen LogP contribution in [0.3, 0.4) is 0 Å². The van der Waals surface area contributed by atoms with Crippen molar-refractivity contribution in [2.24, 2.45) is 0 Å². The zero-order chi connectivity index (χ0) is 8.81. The molecule has 0 spiro atoms. The maximum Gasteiger partial charge on any atom is 0.137 e. The van der Waals surface area contributed by atoms with Gasteiger partial charge in [0.2, 0.25) is 0 Å². The highest BCUT2D eigenvalue weighted by Gasteiger charge is 1.97. The topological polar surface area (TPSA) is 9.23 Å². The monoisotopic (exact) mass is 204 g/mol. The molecule has 0 amide bonds. The van der Waals surface area contributed by atoms with Crippen molar-refractivity contribution >= 4 is 23.2 Å². The molecular weight excluding hydrogens is 195 g/mol. The van der Waals surface area contributed by atoms with Crippen LogP contribution in [0.25, 0.3) is 0 Å². The maximum atomic E-state index is 5.85. The summed E-state index contributed by atoms with van der Waals surface area (Å²) in [4.78, 5) is 0. The van der Waals surface area contributed by atoms with Crippen molar-refractivity contribution in [2.75, 3.05) is 12.5 Å². The molecule has 0 aliphatic carbocycles. The molecule has 0 saturated heterocycles. The number of para-hydroxylation sites is 1. The summed E-state index contributed by atoms with van der Waals surface area (Å²) in [6.07, 6.45) is 0.840. The third-order valence-corrected chi connectivity index (χ3v) is 1.95. The molecule has 0 heterocycles. The zero-order valence-corrected chi connectivity index (χ0v) is 8.11. The fraction of sp³-hybridized carbons (Fsp3) is 0.333. The second kappa shape index (κ2) is 5.28. The second-order valence-corrected chi connectivity index (χ2v) is 3.11. The fourth-order valence-corrected chi connectivity index (χ4v) is 1.10. The highest BCUT2D eigenvalue weighted by Crippen LogP contribution is 2.22. The minimum absolute atomic E-state index is 0.616. The van der Waals surface area contributed by atoms with Gasteiger partial charge in [0.1, 0.15) is 5.75 Å². The molecular formula is C9H10Cl2O. The Balaban J connectivity index is 2.46. The lowest BCUT2D eigenvalue weighted by atomic mass is 10.3. The van der Waals surface area contributed by atoms with E-state index in [9.17, 15) is 0 Å². The molecule has 0 aliphatic heterocycles. The molecule has 0 N–H and O–H groups in total. The fourth-order valence-electron chi connectivity index (χ4n) is 0.798. The van der Waals surface area contributed by atoms with E-state index < -0.39 is 0 Å². The van der Waals surface area contributed by atoms with Crippen molar-refractivity contribution in [1.82, 2.24) is 0 Å². The minimum Gasteiger partial charge on any atom is -0.492 e. The summed E-state index contributed by atoms with van der Waals surface area (Å²) < 4.78 is 5.36. The van der Waals surface area contributed by atoms with Gasteiger partial charge in [-0.25, -0.2) is 0 Å². The number of alkyl halides is 1. The van der Waals surface area contributed by atoms with Crippen LogP contribution in [-0.4, -0.2) is 12.5 Å². The summed E-state index contributed by atoms with van der Waals surface area (Å²) in [5.41, 5.74) is 0. The van der Waals surface area contributed by atoms with Crippen LogP contribution >= 0.6 is 23.2 Å². The predicted molar refractivity (Wildman–Crippen MR) is 52.3 cm³/mol. The van der Waals surface area contributed by atoms with Crippen molar-refractivity contribution in [3.05, 3.63) is 29.3 Å². The third kappa shape index (κ3) is 2.92. The Labute approximate surface area is 82.2 Å². The van der Waals surface area contributed by atoms with Gasteiger partial charge >= 0.3 is 0 Å². The smallest absolute Gasteiger partial charge is 0.137 e. The molecule has 0 unspecified atom stereocenters. The Bertz CT molecular complexity index is 238. The molecule has 0 aliphatic rings. The van der Waals surface area contributed by atoms with Crippen molar-refractivity contribution in [2.45, 2.75) is 6.42 Å². The van der Waals surface area contributed by atoms with Crippen LogP contribution in [0.5, 0.6) is 5.75 Å². The van der Waals surface area contributed by atoms with E-state index in [0.717, 1.165) is 12.2 Å². The van der Waals surface area contributed by atoms with Crippen LogP contribution in [0.15, 0.2) is 24.3 Å². The first kappa shape index (κ1) is 9.69. The van der Waals surface area contributed by atoms with Gasteiger partial charge < -0.3 is 4.74 Å². The van der Waals surface area contributed by atoms with Crippen LogP contribution in [0.4, 0.5) is 0 Å². The van der Waals surface area contributed by atoms with E-state index >= 15 is 0 Å². The van der Waals surface area contributed by atoms with E-state index in [1.165, 1.54) is 0 Å². The molecule has 3 heteroatoms. The molecule has 66 valence electrons. The van der Waals surface area contributed by atoms with Gasteiger partial charge in [0.05, 0.1) is 11.6 Å². The lowest BCUT2D eigenvalue weighted by molar-refractivity contribution is 0.318. The van der Waals surface area contributed by atoms with Crippen molar-refractivity contribution in [1.29, 1.82) is 0 Å². The Hall–Kier alpha value is -0.400. The molecule has 0 radical (unpaired) electrons. The Morgan fingerprint density at radius 3 is 2.67 bits per heavy atom. The van der Waals surface area contributed by atoms with Gasteiger partial charge in [0.15, 0.2) is 0 Å². The van der Waals surface area contributed by atoms with Crippen LogP contribution in [0.2, 0.25) is 5.02 Å². The Morgan fingerprint density at radius 1 is 1.25 bits per heavy atom. The van der Waals surface area contributed by atoms with Crippen molar-refractivity contribution < 1.29 is 4.74 Å².